The van der Waals surface area contributed by atoms with Crippen molar-refractivity contribution in [3.63, 3.8) is 0 Å². The molecule has 59 heavy (non-hydrogen) atoms. The van der Waals surface area contributed by atoms with Crippen molar-refractivity contribution in [3.05, 3.63) is 0 Å². The second kappa shape index (κ2) is 27.5. The Kier molecular flexibility index (Phi) is 31.1. The van der Waals surface area contributed by atoms with Crippen molar-refractivity contribution in [1.29, 1.82) is 0 Å². The van der Waals surface area contributed by atoms with Crippen molar-refractivity contribution in [2.45, 2.75) is 112 Å². The van der Waals surface area contributed by atoms with Crippen LogP contribution in [0.3, 0.4) is 0 Å². The molecule has 0 radical (unpaired) electrons. The van der Waals surface area contributed by atoms with Crippen molar-refractivity contribution in [3.8, 4) is 0 Å². The average molecular weight is 989 g/mol. The van der Waals surface area contributed by atoms with E-state index in [-0.39, 0.29) is 148 Å². The number of aliphatic hydroxyl groups excluding tert-OH is 5. The molecule has 3 heterocycles. The van der Waals surface area contributed by atoms with Crippen LogP contribution in [0.4, 0.5) is 0 Å². The summed E-state index contributed by atoms with van der Waals surface area (Å²) in [7, 11) is -22.7. The number of carboxylic acids is 1. The minimum Gasteiger partial charge on any atom is -0.735 e. The van der Waals surface area contributed by atoms with Crippen LogP contribution in [0.2, 0.25) is 0 Å². The molecule has 0 amide bonds. The topological polar surface area (TPSA) is 468 Å². The molecule has 3 rings (SSSR count). The Labute approximate surface area is 447 Å². The SMILES string of the molecule is CC(C)O[C@H]1O[C@H](CO)[C@@H](O[C@@H]2O[C@H](C(=O)[O-])[C@@H](O[C@H]3O[C@H](COS(=O)(=O)[O-])[C@@H](O)[C@H](O)[C@H]3NS(=O)(=O)[O-])[C@H](O)[C@H]2OS(=O)(=O)[O-])[C@H](O)[C@H]1NS(=O)(=O)[O-].[Na+].[Na+].[Na+].[Na+].[Na+]. The first-order chi connectivity index (χ1) is 24.5. The minimum absolute atomic E-state index is 0. The Bertz CT molecular complexity index is 1750. The monoisotopic (exact) mass is 988 g/mol. The molecule has 0 unspecified atom stereocenters. The van der Waals surface area contributed by atoms with Crippen LogP contribution in [-0.4, -0.2) is 195 Å². The van der Waals surface area contributed by atoms with Gasteiger partial charge in [-0.25, -0.2) is 43.1 Å². The van der Waals surface area contributed by atoms with E-state index in [4.69, 9.17) is 28.4 Å². The third-order valence-corrected chi connectivity index (χ3v) is 9.47. The van der Waals surface area contributed by atoms with Gasteiger partial charge in [0.2, 0.25) is 20.8 Å². The van der Waals surface area contributed by atoms with E-state index >= 15 is 0 Å². The Morgan fingerprint density at radius 2 is 1.12 bits per heavy atom. The molecule has 3 saturated heterocycles. The van der Waals surface area contributed by atoms with E-state index in [9.17, 15) is 87.3 Å². The first kappa shape index (κ1) is 66.8. The number of nitrogens with one attached hydrogen (secondary N) is 2. The zero-order valence-corrected chi connectivity index (χ0v) is 45.3. The average Bonchev–Trinajstić information content (AvgIpc) is 2.99. The van der Waals surface area contributed by atoms with Gasteiger partial charge < -0.3 is 82.1 Å². The Hall–Kier alpha value is 3.51. The molecule has 38 heteroatoms. The van der Waals surface area contributed by atoms with Gasteiger partial charge >= 0.3 is 148 Å². The Morgan fingerprint density at radius 3 is 1.54 bits per heavy atom. The molecule has 318 valence electrons. The summed E-state index contributed by atoms with van der Waals surface area (Å²) in [4.78, 5) is 12.3. The van der Waals surface area contributed by atoms with Gasteiger partial charge in [0, 0.05) is 0 Å². The summed E-state index contributed by atoms with van der Waals surface area (Å²) in [5, 5.41) is 65.3. The molecule has 29 nitrogen and oxygen atoms in total. The molecule has 15 atom stereocenters. The standard InChI is InChI=1S/C21H38N2O27S4.5Na/c1-5(2)44-19-9(23-52(34,35)36)12(27)14(6(3-24)45-19)47-21-16(50-54(40,41)42)13(28)15(17(49-21)18(29)30)48-20-8(22-51(31,32)33)11(26)10(25)7(46-20)4-43-53(37,38)39;;;;;/h5-17,19-28H,3-4H2,1-2H3,(H,29,30)(H,31,32,33)(H,34,35,36)(H,37,38,39)(H,40,41,42);;;;;/q;5*+1/p-5/t6-,7-,8-,9-,10-,11-,12-,13+,14-,15+,16-,17+,19+,20-,21-;;;;;/m1...../s1. The quantitative estimate of drug-likeness (QED) is 0.0404. The molecule has 0 aliphatic carbocycles. The normalized spacial score (nSPS) is 35.4. The fraction of sp³-hybridized carbons (Fsp3) is 0.952. The molecule has 3 fully saturated rings. The second-order valence-corrected chi connectivity index (χ2v) is 16.1. The van der Waals surface area contributed by atoms with Crippen LogP contribution in [0.1, 0.15) is 13.8 Å². The van der Waals surface area contributed by atoms with Gasteiger partial charge in [0.15, 0.2) is 45.6 Å². The van der Waals surface area contributed by atoms with Crippen molar-refractivity contribution >= 4 is 47.4 Å². The van der Waals surface area contributed by atoms with Gasteiger partial charge in [-0.3, -0.25) is 8.37 Å². The Morgan fingerprint density at radius 1 is 0.644 bits per heavy atom. The van der Waals surface area contributed by atoms with Gasteiger partial charge in [-0.1, -0.05) is 0 Å². The largest absolute Gasteiger partial charge is 1.00 e. The van der Waals surface area contributed by atoms with E-state index in [2.05, 4.69) is 8.37 Å². The fourth-order valence-electron chi connectivity index (χ4n) is 5.36. The number of carbonyl (C=O) groups is 1. The maximum Gasteiger partial charge on any atom is 1.00 e. The summed E-state index contributed by atoms with van der Waals surface area (Å²) in [5.74, 6) is -2.42. The van der Waals surface area contributed by atoms with E-state index in [0.29, 0.717) is 0 Å². The summed E-state index contributed by atoms with van der Waals surface area (Å²) in [6.07, 6.45) is -32.9. The smallest absolute Gasteiger partial charge is 0.735 e. The van der Waals surface area contributed by atoms with Gasteiger partial charge in [0.25, 0.3) is 0 Å². The van der Waals surface area contributed by atoms with E-state index in [1.807, 2.05) is 0 Å². The number of rotatable bonds is 17. The third-order valence-electron chi connectivity index (χ3n) is 7.46. The summed E-state index contributed by atoms with van der Waals surface area (Å²) >= 11 is 0. The van der Waals surface area contributed by atoms with Crippen molar-refractivity contribution in [2.75, 3.05) is 13.2 Å². The van der Waals surface area contributed by atoms with Gasteiger partial charge in [0.05, 0.1) is 25.3 Å². The predicted molar refractivity (Wildman–Crippen MR) is 152 cm³/mol. The molecule has 3 aliphatic rings. The van der Waals surface area contributed by atoms with E-state index in [1.54, 1.807) is 0 Å². The van der Waals surface area contributed by atoms with Gasteiger partial charge in [0.1, 0.15) is 67.0 Å². The van der Waals surface area contributed by atoms with E-state index < -0.39 is 159 Å². The molecule has 7 N–H and O–H groups in total. The Balaban J connectivity index is -0.00000627. The molecular formula is C21H33N2Na5O27S4. The minimum atomic E-state index is -6.02. The fourth-order valence-corrected chi connectivity index (χ4v) is 7.31. The van der Waals surface area contributed by atoms with Crippen molar-refractivity contribution in [1.82, 2.24) is 9.44 Å². The van der Waals surface area contributed by atoms with Crippen LogP contribution < -0.4 is 162 Å². The zero-order valence-electron chi connectivity index (χ0n) is 32.0. The second-order valence-electron chi connectivity index (χ2n) is 11.7. The zero-order chi connectivity index (χ0) is 41.3. The van der Waals surface area contributed by atoms with Gasteiger partial charge in [-0.15, -0.1) is 0 Å². The van der Waals surface area contributed by atoms with Gasteiger partial charge in [-0.05, 0) is 13.8 Å². The molecule has 3 aliphatic heterocycles. The number of hydrogen-bond donors (Lipinski definition) is 7. The molecule has 0 bridgehead atoms. The van der Waals surface area contributed by atoms with Crippen LogP contribution >= 0.6 is 0 Å². The van der Waals surface area contributed by atoms with Gasteiger partial charge in [-0.2, -0.15) is 0 Å². The number of aliphatic hydroxyl groups is 5. The predicted octanol–water partition coefficient (Wildman–Crippen LogP) is -25.3. The molecule has 0 saturated carbocycles. The van der Waals surface area contributed by atoms with Crippen molar-refractivity contribution < 1.29 is 272 Å². The molecule has 0 aromatic carbocycles. The van der Waals surface area contributed by atoms with Crippen LogP contribution in [0.5, 0.6) is 0 Å². The molecule has 0 spiro atoms. The summed E-state index contributed by atoms with van der Waals surface area (Å²) in [6, 6.07) is -4.59. The van der Waals surface area contributed by atoms with Crippen LogP contribution in [0.25, 0.3) is 0 Å². The summed E-state index contributed by atoms with van der Waals surface area (Å²) in [6.45, 7) is 0.199. The third kappa shape index (κ3) is 20.7. The number of carboxylic acid groups (broad SMARTS) is 1. The molecular weight excluding hydrogens is 955 g/mol. The van der Waals surface area contributed by atoms with E-state index in [0.717, 1.165) is 0 Å². The summed E-state index contributed by atoms with van der Waals surface area (Å²) < 4.78 is 179. The first-order valence-corrected chi connectivity index (χ1v) is 20.2. The maximum absolute atomic E-state index is 12.3. The van der Waals surface area contributed by atoms with Crippen LogP contribution in [0.15, 0.2) is 0 Å². The number of carbonyl (C=O) groups excluding carboxylic acids is 1. The molecule has 0 aromatic heterocycles. The van der Waals surface area contributed by atoms with Crippen molar-refractivity contribution in [2.24, 2.45) is 0 Å². The number of aliphatic carboxylic acids is 1. The number of hydrogen-bond acceptors (Lipinski definition) is 27. The van der Waals surface area contributed by atoms with E-state index in [1.165, 1.54) is 23.3 Å². The van der Waals surface area contributed by atoms with Crippen LogP contribution in [0, 0.1) is 0 Å². The first-order valence-electron chi connectivity index (χ1n) is 14.7. The van der Waals surface area contributed by atoms with Crippen LogP contribution in [-0.2, 0) is 83.0 Å². The maximum atomic E-state index is 12.3. The molecule has 0 aromatic rings. The summed E-state index contributed by atoms with van der Waals surface area (Å²) in [5.41, 5.74) is 0. The number of ether oxygens (including phenoxy) is 6.